The Balaban J connectivity index is 1.83. The predicted molar refractivity (Wildman–Crippen MR) is 62.9 cm³/mol. The summed E-state index contributed by atoms with van der Waals surface area (Å²) in [5, 5.41) is 0.322. The third-order valence-corrected chi connectivity index (χ3v) is 6.27. The lowest BCUT2D eigenvalue weighted by atomic mass is 9.76. The molecular formula is C11H19ClO2S. The second-order valence-corrected chi connectivity index (χ2v) is 8.10. The maximum absolute atomic E-state index is 11.1. The first kappa shape index (κ1) is 11.7. The topological polar surface area (TPSA) is 34.1 Å². The third-order valence-electron chi connectivity index (χ3n) is 3.91. The summed E-state index contributed by atoms with van der Waals surface area (Å²) in [6.07, 6.45) is 4.49. The van der Waals surface area contributed by atoms with Crippen LogP contribution in [0.3, 0.4) is 0 Å². The van der Waals surface area contributed by atoms with Crippen LogP contribution in [0.15, 0.2) is 0 Å². The van der Waals surface area contributed by atoms with E-state index in [9.17, 15) is 8.42 Å². The molecule has 1 heterocycles. The Labute approximate surface area is 97.3 Å². The summed E-state index contributed by atoms with van der Waals surface area (Å²) in [6, 6.07) is 0. The molecule has 1 saturated heterocycles. The van der Waals surface area contributed by atoms with E-state index in [1.54, 1.807) is 0 Å². The molecule has 0 aromatic heterocycles. The number of rotatable bonds is 2. The van der Waals surface area contributed by atoms with Gasteiger partial charge in [-0.1, -0.05) is 6.92 Å². The summed E-state index contributed by atoms with van der Waals surface area (Å²) in [5.41, 5.74) is 0. The molecular weight excluding hydrogens is 232 g/mol. The average molecular weight is 251 g/mol. The third kappa shape index (κ3) is 2.88. The Kier molecular flexibility index (Phi) is 3.32. The van der Waals surface area contributed by atoms with Crippen molar-refractivity contribution in [2.45, 2.75) is 38.0 Å². The molecule has 3 atom stereocenters. The van der Waals surface area contributed by atoms with Crippen LogP contribution in [0.5, 0.6) is 0 Å². The van der Waals surface area contributed by atoms with Crippen molar-refractivity contribution in [2.24, 2.45) is 17.8 Å². The first-order chi connectivity index (χ1) is 6.96. The van der Waals surface area contributed by atoms with Crippen molar-refractivity contribution in [1.82, 2.24) is 0 Å². The fourth-order valence-electron chi connectivity index (χ4n) is 2.92. The van der Waals surface area contributed by atoms with Gasteiger partial charge in [0, 0.05) is 5.38 Å². The van der Waals surface area contributed by atoms with E-state index >= 15 is 0 Å². The van der Waals surface area contributed by atoms with Gasteiger partial charge >= 0.3 is 0 Å². The van der Waals surface area contributed by atoms with Crippen LogP contribution in [-0.4, -0.2) is 25.3 Å². The molecule has 1 saturated carbocycles. The summed E-state index contributed by atoms with van der Waals surface area (Å²) in [5.74, 6) is 2.64. The van der Waals surface area contributed by atoms with E-state index in [-0.39, 0.29) is 0 Å². The van der Waals surface area contributed by atoms with Gasteiger partial charge in [-0.25, -0.2) is 8.42 Å². The van der Waals surface area contributed by atoms with Crippen LogP contribution in [0, 0.1) is 17.8 Å². The zero-order valence-corrected chi connectivity index (χ0v) is 10.7. The van der Waals surface area contributed by atoms with Crippen molar-refractivity contribution < 1.29 is 8.42 Å². The van der Waals surface area contributed by atoms with Crippen molar-refractivity contribution in [1.29, 1.82) is 0 Å². The number of sulfone groups is 1. The summed E-state index contributed by atoms with van der Waals surface area (Å²) >= 11 is 6.16. The summed E-state index contributed by atoms with van der Waals surface area (Å²) in [4.78, 5) is 0. The molecule has 2 fully saturated rings. The molecule has 2 nitrogen and oxygen atoms in total. The van der Waals surface area contributed by atoms with Crippen LogP contribution >= 0.6 is 11.6 Å². The number of alkyl halides is 1. The molecule has 0 radical (unpaired) electrons. The Morgan fingerprint density at radius 1 is 1.27 bits per heavy atom. The summed E-state index contributed by atoms with van der Waals surface area (Å²) < 4.78 is 22.1. The summed E-state index contributed by atoms with van der Waals surface area (Å²) in [6.45, 7) is 2.28. The molecule has 1 aliphatic heterocycles. The molecule has 0 spiro atoms. The fourth-order valence-corrected chi connectivity index (χ4v) is 4.89. The molecule has 2 rings (SSSR count). The molecule has 1 aliphatic carbocycles. The maximum atomic E-state index is 11.1. The lowest BCUT2D eigenvalue weighted by Crippen LogP contribution is -2.39. The van der Waals surface area contributed by atoms with Gasteiger partial charge < -0.3 is 0 Å². The van der Waals surface area contributed by atoms with E-state index in [1.807, 2.05) is 0 Å². The van der Waals surface area contributed by atoms with Crippen LogP contribution in [0.1, 0.15) is 32.6 Å². The smallest absolute Gasteiger partial charge is 0.150 e. The Morgan fingerprint density at radius 3 is 2.53 bits per heavy atom. The second kappa shape index (κ2) is 4.25. The van der Waals surface area contributed by atoms with E-state index in [4.69, 9.17) is 11.6 Å². The molecule has 0 amide bonds. The quantitative estimate of drug-likeness (QED) is 0.706. The van der Waals surface area contributed by atoms with Gasteiger partial charge in [0.15, 0.2) is 9.84 Å². The fraction of sp³-hybridized carbons (Fsp3) is 1.00. The van der Waals surface area contributed by atoms with Gasteiger partial charge in [0.25, 0.3) is 0 Å². The molecule has 3 unspecified atom stereocenters. The molecule has 0 aromatic rings. The van der Waals surface area contributed by atoms with Crippen molar-refractivity contribution >= 4 is 21.4 Å². The van der Waals surface area contributed by atoms with Crippen LogP contribution in [0.2, 0.25) is 0 Å². The van der Waals surface area contributed by atoms with Crippen LogP contribution in [0.4, 0.5) is 0 Å². The SMILES string of the molecule is CC1CCC(Cl)CC1CC1CS(=O)(=O)C1. The largest absolute Gasteiger partial charge is 0.229 e. The monoisotopic (exact) mass is 250 g/mol. The maximum Gasteiger partial charge on any atom is 0.150 e. The highest BCUT2D eigenvalue weighted by Gasteiger charge is 2.37. The Hall–Kier alpha value is 0.240. The van der Waals surface area contributed by atoms with Gasteiger partial charge in [0.1, 0.15) is 0 Å². The van der Waals surface area contributed by atoms with Crippen molar-refractivity contribution in [3.8, 4) is 0 Å². The van der Waals surface area contributed by atoms with Gasteiger partial charge in [-0.2, -0.15) is 0 Å². The predicted octanol–water partition coefficient (Wildman–Crippen LogP) is 2.46. The first-order valence-electron chi connectivity index (χ1n) is 5.81. The van der Waals surface area contributed by atoms with Crippen LogP contribution < -0.4 is 0 Å². The van der Waals surface area contributed by atoms with Crippen molar-refractivity contribution in [2.75, 3.05) is 11.5 Å². The Bertz CT molecular complexity index is 313. The van der Waals surface area contributed by atoms with Crippen molar-refractivity contribution in [3.63, 3.8) is 0 Å². The summed E-state index contributed by atoms with van der Waals surface area (Å²) in [7, 11) is -2.65. The minimum absolute atomic E-state index is 0.322. The molecule has 0 N–H and O–H groups in total. The average Bonchev–Trinajstić information content (AvgIpc) is 2.08. The van der Waals surface area contributed by atoms with Gasteiger partial charge in [0.05, 0.1) is 11.5 Å². The van der Waals surface area contributed by atoms with Gasteiger partial charge in [-0.3, -0.25) is 0 Å². The van der Waals surface area contributed by atoms with E-state index in [1.165, 1.54) is 6.42 Å². The van der Waals surface area contributed by atoms with Gasteiger partial charge in [0.2, 0.25) is 0 Å². The van der Waals surface area contributed by atoms with Gasteiger partial charge in [-0.15, -0.1) is 11.6 Å². The van der Waals surface area contributed by atoms with Gasteiger partial charge in [-0.05, 0) is 43.4 Å². The highest BCUT2D eigenvalue weighted by Crippen LogP contribution is 2.38. The highest BCUT2D eigenvalue weighted by atomic mass is 35.5. The van der Waals surface area contributed by atoms with Crippen molar-refractivity contribution in [3.05, 3.63) is 0 Å². The zero-order chi connectivity index (χ0) is 11.1. The molecule has 15 heavy (non-hydrogen) atoms. The van der Waals surface area contributed by atoms with E-state index < -0.39 is 9.84 Å². The van der Waals surface area contributed by atoms with E-state index in [0.29, 0.717) is 28.7 Å². The number of hydrogen-bond donors (Lipinski definition) is 0. The molecule has 0 aromatic carbocycles. The van der Waals surface area contributed by atoms with E-state index in [0.717, 1.165) is 25.2 Å². The van der Waals surface area contributed by atoms with Crippen LogP contribution in [-0.2, 0) is 9.84 Å². The minimum Gasteiger partial charge on any atom is -0.229 e. The van der Waals surface area contributed by atoms with Crippen LogP contribution in [0.25, 0.3) is 0 Å². The van der Waals surface area contributed by atoms with E-state index in [2.05, 4.69) is 6.92 Å². The number of halogens is 1. The standard InChI is InChI=1S/C11H19ClO2S/c1-8-2-3-11(12)5-10(8)4-9-6-15(13,14)7-9/h8-11H,2-7H2,1H3. The highest BCUT2D eigenvalue weighted by molar-refractivity contribution is 7.92. The normalized spacial score (nSPS) is 41.1. The molecule has 0 bridgehead atoms. The Morgan fingerprint density at radius 2 is 1.93 bits per heavy atom. The number of hydrogen-bond acceptors (Lipinski definition) is 2. The second-order valence-electron chi connectivity index (χ2n) is 5.33. The lowest BCUT2D eigenvalue weighted by Gasteiger charge is -2.36. The molecule has 88 valence electrons. The zero-order valence-electron chi connectivity index (χ0n) is 9.15. The minimum atomic E-state index is -2.65. The first-order valence-corrected chi connectivity index (χ1v) is 8.06. The molecule has 2 aliphatic rings. The lowest BCUT2D eigenvalue weighted by molar-refractivity contribution is 0.220. The molecule has 4 heteroatoms.